The molecular formula is H6AlMgNaO2Ti. The van der Waals surface area contributed by atoms with E-state index in [4.69, 9.17) is 6.65 Å². The van der Waals surface area contributed by atoms with Crippen molar-refractivity contribution < 1.29 is 25.7 Å². The van der Waals surface area contributed by atoms with Crippen molar-refractivity contribution >= 4 is 70.0 Å². The molecule has 0 rings (SSSR count). The molecule has 0 aliphatic carbocycles. The van der Waals surface area contributed by atoms with Crippen LogP contribution in [-0.4, -0.2) is 70.0 Å². The molecule has 6 heavy (non-hydrogen) atoms. The van der Waals surface area contributed by atoms with Crippen molar-refractivity contribution in [1.29, 1.82) is 0 Å². The first-order valence-corrected chi connectivity index (χ1v) is 1.68. The van der Waals surface area contributed by atoms with Gasteiger partial charge in [-0.25, -0.2) is 0 Å². The third-order valence-corrected chi connectivity index (χ3v) is 0. The Kier molecular flexibility index (Phi) is 99.7. The number of hydrogen-bond donors (Lipinski definition) is 0. The molecule has 0 aliphatic rings. The number of rotatable bonds is 0. The van der Waals surface area contributed by atoms with Gasteiger partial charge < -0.3 is 0 Å². The molecule has 0 atom stereocenters. The van der Waals surface area contributed by atoms with E-state index in [2.05, 4.69) is 0 Å². The van der Waals surface area contributed by atoms with Crippen LogP contribution < -0.4 is 0 Å². The van der Waals surface area contributed by atoms with Crippen LogP contribution in [0.15, 0.2) is 0 Å². The average molecular weight is 160 g/mol. The fourth-order valence-electron chi connectivity index (χ4n) is 0. The van der Waals surface area contributed by atoms with E-state index in [1.54, 1.807) is 0 Å². The Labute approximate surface area is 94.0 Å². The summed E-state index contributed by atoms with van der Waals surface area (Å²) < 4.78 is 17.0. The Bertz CT molecular complexity index is 34.5. The second-order valence-corrected chi connectivity index (χ2v) is 0.344. The van der Waals surface area contributed by atoms with Gasteiger partial charge in [-0.15, -0.1) is 0 Å². The molecule has 0 aromatic rings. The zero-order valence-corrected chi connectivity index (χ0v) is 2.88. The molecule has 0 aromatic carbocycles. The molecule has 0 fully saturated rings. The minimum absolute atomic E-state index is 0. The molecule has 0 radical (unpaired) electrons. The van der Waals surface area contributed by atoms with Gasteiger partial charge in [0, 0.05) is 0 Å². The van der Waals surface area contributed by atoms with Crippen LogP contribution in [0, 0.1) is 0 Å². The van der Waals surface area contributed by atoms with Gasteiger partial charge in [0.15, 0.2) is 17.4 Å². The zero-order valence-electron chi connectivity index (χ0n) is 1.32. The summed E-state index contributed by atoms with van der Waals surface area (Å²) in [6.45, 7) is 0. The molecule has 0 unspecified atom stereocenters. The van der Waals surface area contributed by atoms with E-state index >= 15 is 0 Å². The molecule has 0 amide bonds. The summed E-state index contributed by atoms with van der Waals surface area (Å²) in [5, 5.41) is 0. The summed E-state index contributed by atoms with van der Waals surface area (Å²) in [5.74, 6) is 0. The molecule has 0 aromatic heterocycles. The van der Waals surface area contributed by atoms with Gasteiger partial charge in [0.1, 0.15) is 0 Å². The standard InChI is InChI=1S/Al.Mg.Na.2O.Ti.6H. The average Bonchev–Trinajstić information content (AvgIpc) is 0.918. The Morgan fingerprint density at radius 1 is 1.17 bits per heavy atom. The van der Waals surface area contributed by atoms with Gasteiger partial charge in [-0.05, 0) is 0 Å². The van der Waals surface area contributed by atoms with E-state index in [0.717, 1.165) is 0 Å². The zero-order chi connectivity index (χ0) is 2.71. The van der Waals surface area contributed by atoms with E-state index < -0.39 is 19.1 Å². The first-order valence-electron chi connectivity index (χ1n) is 0.408. The van der Waals surface area contributed by atoms with Crippen molar-refractivity contribution in [3.63, 3.8) is 0 Å². The Morgan fingerprint density at radius 3 is 1.17 bits per heavy atom. The van der Waals surface area contributed by atoms with E-state index in [9.17, 15) is 0 Å². The molecule has 0 aliphatic heterocycles. The minimum atomic E-state index is -2.00. The van der Waals surface area contributed by atoms with E-state index in [-0.39, 0.29) is 70.0 Å². The number of hydrogen-bond acceptors (Lipinski definition) is 2. The van der Waals surface area contributed by atoms with Gasteiger partial charge in [-0.3, -0.25) is 0 Å². The predicted octanol–water partition coefficient (Wildman–Crippen LogP) is -2.99. The van der Waals surface area contributed by atoms with Crippen LogP contribution in [0.3, 0.4) is 0 Å². The molecule has 2 nitrogen and oxygen atoms in total. The topological polar surface area (TPSA) is 34.1 Å². The van der Waals surface area contributed by atoms with E-state index in [0.29, 0.717) is 0 Å². The molecule has 28 valence electrons. The maximum atomic E-state index is 8.50. The monoisotopic (exact) mass is 160 g/mol. The molecule has 0 saturated carbocycles. The second kappa shape index (κ2) is 25.5. The third kappa shape index (κ3) is 30.5. The quantitative estimate of drug-likeness (QED) is 0.354. The van der Waals surface area contributed by atoms with Gasteiger partial charge in [0.2, 0.25) is 0 Å². The first-order chi connectivity index (χ1) is 1.41. The van der Waals surface area contributed by atoms with E-state index in [1.807, 2.05) is 0 Å². The van der Waals surface area contributed by atoms with Crippen molar-refractivity contribution in [3.8, 4) is 0 Å². The summed E-state index contributed by atoms with van der Waals surface area (Å²) in [6, 6.07) is 0. The fraction of sp³-hybridized carbons (Fsp3) is 0. The summed E-state index contributed by atoms with van der Waals surface area (Å²) in [6.07, 6.45) is 0. The van der Waals surface area contributed by atoms with Crippen molar-refractivity contribution in [2.24, 2.45) is 0 Å². The van der Waals surface area contributed by atoms with Gasteiger partial charge in [0.05, 0.1) is 0 Å². The van der Waals surface area contributed by atoms with Gasteiger partial charge in [0.25, 0.3) is 0 Å². The molecular weight excluding hydrogens is 154 g/mol. The predicted molar refractivity (Wildman–Crippen MR) is 27.0 cm³/mol. The second-order valence-electron chi connectivity index (χ2n) is 0.0833. The summed E-state index contributed by atoms with van der Waals surface area (Å²) in [4.78, 5) is 0. The summed E-state index contributed by atoms with van der Waals surface area (Å²) >= 11 is -2.00. The van der Waals surface area contributed by atoms with Crippen LogP contribution in [0.1, 0.15) is 0 Å². The molecule has 6 heteroatoms. The maximum absolute atomic E-state index is 8.50. The van der Waals surface area contributed by atoms with Crippen LogP contribution in [0.2, 0.25) is 0 Å². The van der Waals surface area contributed by atoms with Crippen molar-refractivity contribution in [2.45, 2.75) is 0 Å². The van der Waals surface area contributed by atoms with Crippen LogP contribution in [0.4, 0.5) is 0 Å². The summed E-state index contributed by atoms with van der Waals surface area (Å²) in [5.41, 5.74) is 0. The molecule has 0 bridgehead atoms. The normalized spacial score (nSPS) is 1.33. The van der Waals surface area contributed by atoms with Crippen LogP contribution in [0.25, 0.3) is 0 Å². The van der Waals surface area contributed by atoms with Crippen molar-refractivity contribution in [3.05, 3.63) is 0 Å². The van der Waals surface area contributed by atoms with Crippen LogP contribution in [0.5, 0.6) is 0 Å². The Morgan fingerprint density at radius 2 is 1.17 bits per heavy atom. The molecule has 0 N–H and O–H groups in total. The van der Waals surface area contributed by atoms with Crippen molar-refractivity contribution in [2.75, 3.05) is 0 Å². The SMILES string of the molecule is [AlH3].[MgH2].[NaH].[O]=[Ti]=[O]. The van der Waals surface area contributed by atoms with Crippen LogP contribution in [-0.2, 0) is 25.7 Å². The molecule has 0 spiro atoms. The van der Waals surface area contributed by atoms with Crippen molar-refractivity contribution in [1.82, 2.24) is 0 Å². The summed E-state index contributed by atoms with van der Waals surface area (Å²) in [7, 11) is 0. The third-order valence-electron chi connectivity index (χ3n) is 0. The Hall–Kier alpha value is 2.61. The molecule has 0 saturated heterocycles. The van der Waals surface area contributed by atoms with Gasteiger partial charge >= 0.3 is 78.4 Å². The van der Waals surface area contributed by atoms with Gasteiger partial charge in [-0.2, -0.15) is 0 Å². The van der Waals surface area contributed by atoms with Crippen LogP contribution >= 0.6 is 0 Å². The van der Waals surface area contributed by atoms with E-state index in [1.165, 1.54) is 0 Å². The Balaban J connectivity index is -0.00000000667. The first kappa shape index (κ1) is 23.5. The van der Waals surface area contributed by atoms with Gasteiger partial charge in [-0.1, -0.05) is 0 Å². The molecule has 0 heterocycles. The fourth-order valence-corrected chi connectivity index (χ4v) is 0.